The highest BCUT2D eigenvalue weighted by Gasteiger charge is 2.16. The molecular formula is C16H25N3S. The van der Waals surface area contributed by atoms with Crippen LogP contribution in [0.1, 0.15) is 31.7 Å². The zero-order chi connectivity index (χ0) is 14.5. The van der Waals surface area contributed by atoms with Crippen molar-refractivity contribution in [3.63, 3.8) is 0 Å². The molecule has 1 N–H and O–H groups in total. The Hall–Kier alpha value is -1.13. The summed E-state index contributed by atoms with van der Waals surface area (Å²) in [5.74, 6) is 0.619. The summed E-state index contributed by atoms with van der Waals surface area (Å²) in [4.78, 5) is 4.58. The number of thiocarbonyl (C=S) groups is 1. The van der Waals surface area contributed by atoms with Crippen LogP contribution in [0.25, 0.3) is 0 Å². The maximum Gasteiger partial charge on any atom is 0.173 e. The molecule has 3 nitrogen and oxygen atoms in total. The molecule has 1 fully saturated rings. The third-order valence-electron chi connectivity index (χ3n) is 4.13. The van der Waals surface area contributed by atoms with Crippen LogP contribution >= 0.6 is 12.2 Å². The molecule has 20 heavy (non-hydrogen) atoms. The maximum atomic E-state index is 5.50. The van der Waals surface area contributed by atoms with Gasteiger partial charge in [-0.25, -0.2) is 0 Å². The van der Waals surface area contributed by atoms with Crippen molar-refractivity contribution in [2.24, 2.45) is 0 Å². The van der Waals surface area contributed by atoms with E-state index in [-0.39, 0.29) is 0 Å². The van der Waals surface area contributed by atoms with Crippen molar-refractivity contribution >= 4 is 23.0 Å². The number of anilines is 1. The van der Waals surface area contributed by atoms with Crippen LogP contribution in [0.2, 0.25) is 0 Å². The molecule has 4 heteroatoms. The van der Waals surface area contributed by atoms with Gasteiger partial charge >= 0.3 is 0 Å². The van der Waals surface area contributed by atoms with Gasteiger partial charge in [0.2, 0.25) is 0 Å². The first-order valence-electron chi connectivity index (χ1n) is 7.44. The van der Waals surface area contributed by atoms with E-state index in [2.05, 4.69) is 60.3 Å². The molecule has 0 aliphatic carbocycles. The third-order valence-corrected chi connectivity index (χ3v) is 4.49. The Kier molecular flexibility index (Phi) is 5.38. The lowest BCUT2D eigenvalue weighted by molar-refractivity contribution is 0.217. The van der Waals surface area contributed by atoms with Crippen LogP contribution in [-0.4, -0.2) is 48.1 Å². The van der Waals surface area contributed by atoms with Crippen LogP contribution in [0, 0.1) is 0 Å². The molecule has 1 saturated heterocycles. The minimum Gasteiger partial charge on any atom is -0.346 e. The van der Waals surface area contributed by atoms with Crippen molar-refractivity contribution < 1.29 is 0 Å². The van der Waals surface area contributed by atoms with Gasteiger partial charge in [0, 0.05) is 31.9 Å². The zero-order valence-electron chi connectivity index (χ0n) is 12.7. The summed E-state index contributed by atoms with van der Waals surface area (Å²) in [7, 11) is 2.15. The predicted octanol–water partition coefficient (Wildman–Crippen LogP) is 3.14. The molecule has 110 valence electrons. The molecule has 1 unspecified atom stereocenters. The van der Waals surface area contributed by atoms with E-state index in [1.807, 2.05) is 0 Å². The molecule has 1 aliphatic heterocycles. The van der Waals surface area contributed by atoms with Crippen LogP contribution in [0.3, 0.4) is 0 Å². The van der Waals surface area contributed by atoms with Crippen LogP contribution in [-0.2, 0) is 0 Å². The molecule has 1 heterocycles. The van der Waals surface area contributed by atoms with Gasteiger partial charge in [-0.2, -0.15) is 0 Å². The lowest BCUT2D eigenvalue weighted by Crippen LogP contribution is -2.48. The number of likely N-dealkylation sites (N-methyl/N-ethyl adjacent to an activating group) is 1. The Balaban J connectivity index is 1.91. The number of nitrogens with one attached hydrogen (secondary N) is 1. The van der Waals surface area contributed by atoms with Gasteiger partial charge < -0.3 is 15.1 Å². The second-order valence-electron chi connectivity index (χ2n) is 5.65. The summed E-state index contributed by atoms with van der Waals surface area (Å²) in [5, 5.41) is 4.19. The third kappa shape index (κ3) is 3.93. The van der Waals surface area contributed by atoms with E-state index in [9.17, 15) is 0 Å². The smallest absolute Gasteiger partial charge is 0.173 e. The fourth-order valence-electron chi connectivity index (χ4n) is 2.34. The van der Waals surface area contributed by atoms with E-state index in [1.165, 1.54) is 12.0 Å². The largest absolute Gasteiger partial charge is 0.346 e. The number of rotatable bonds is 3. The minimum atomic E-state index is 0.619. The molecule has 0 radical (unpaired) electrons. The van der Waals surface area contributed by atoms with Crippen LogP contribution in [0.15, 0.2) is 24.3 Å². The van der Waals surface area contributed by atoms with E-state index >= 15 is 0 Å². The van der Waals surface area contributed by atoms with E-state index in [0.29, 0.717) is 5.92 Å². The molecule has 0 aromatic heterocycles. The summed E-state index contributed by atoms with van der Waals surface area (Å²) < 4.78 is 0. The Morgan fingerprint density at radius 3 is 2.35 bits per heavy atom. The van der Waals surface area contributed by atoms with Gasteiger partial charge in [-0.1, -0.05) is 26.0 Å². The molecule has 1 aromatic carbocycles. The molecule has 2 rings (SSSR count). The average Bonchev–Trinajstić information content (AvgIpc) is 2.48. The number of hydrogen-bond donors (Lipinski definition) is 1. The van der Waals surface area contributed by atoms with E-state index < -0.39 is 0 Å². The van der Waals surface area contributed by atoms with Crippen molar-refractivity contribution in [2.75, 3.05) is 38.5 Å². The lowest BCUT2D eigenvalue weighted by atomic mass is 9.99. The summed E-state index contributed by atoms with van der Waals surface area (Å²) in [5.41, 5.74) is 2.48. The molecule has 1 aromatic rings. The number of nitrogens with zero attached hydrogens (tertiary/aromatic N) is 2. The summed E-state index contributed by atoms with van der Waals surface area (Å²) in [6, 6.07) is 8.65. The molecule has 1 atom stereocenters. The van der Waals surface area contributed by atoms with E-state index in [1.54, 1.807) is 0 Å². The molecule has 0 bridgehead atoms. The first-order valence-corrected chi connectivity index (χ1v) is 7.85. The monoisotopic (exact) mass is 291 g/mol. The molecule has 0 spiro atoms. The standard InChI is InChI=1S/C16H25N3S/c1-4-13(2)14-5-7-15(8-6-14)17-16(20)19-11-9-18(3)10-12-19/h5-8,13H,4,9-12H2,1-3H3,(H,17,20). The van der Waals surface area contributed by atoms with Gasteiger partial charge in [0.25, 0.3) is 0 Å². The van der Waals surface area contributed by atoms with Crippen molar-refractivity contribution in [3.05, 3.63) is 29.8 Å². The molecular weight excluding hydrogens is 266 g/mol. The highest BCUT2D eigenvalue weighted by molar-refractivity contribution is 7.80. The first kappa shape index (κ1) is 15.3. The Morgan fingerprint density at radius 2 is 1.80 bits per heavy atom. The van der Waals surface area contributed by atoms with Crippen molar-refractivity contribution in [1.29, 1.82) is 0 Å². The van der Waals surface area contributed by atoms with Gasteiger partial charge in [0.15, 0.2) is 5.11 Å². The predicted molar refractivity (Wildman–Crippen MR) is 90.4 cm³/mol. The Morgan fingerprint density at radius 1 is 1.20 bits per heavy atom. The van der Waals surface area contributed by atoms with Crippen LogP contribution in [0.4, 0.5) is 5.69 Å². The quantitative estimate of drug-likeness (QED) is 0.862. The second kappa shape index (κ2) is 7.04. The fraction of sp³-hybridized carbons (Fsp3) is 0.562. The maximum absolute atomic E-state index is 5.50. The van der Waals surface area contributed by atoms with E-state index in [4.69, 9.17) is 12.2 Å². The van der Waals surface area contributed by atoms with Crippen molar-refractivity contribution in [3.8, 4) is 0 Å². The summed E-state index contributed by atoms with van der Waals surface area (Å²) in [6.07, 6.45) is 1.17. The van der Waals surface area contributed by atoms with Crippen LogP contribution < -0.4 is 5.32 Å². The summed E-state index contributed by atoms with van der Waals surface area (Å²) in [6.45, 7) is 8.65. The van der Waals surface area contributed by atoms with Gasteiger partial charge in [-0.3, -0.25) is 0 Å². The van der Waals surface area contributed by atoms with Crippen molar-refractivity contribution in [1.82, 2.24) is 9.80 Å². The fourth-order valence-corrected chi connectivity index (χ4v) is 2.64. The average molecular weight is 291 g/mol. The first-order chi connectivity index (χ1) is 9.60. The Labute approximate surface area is 128 Å². The van der Waals surface area contributed by atoms with Gasteiger partial charge in [0.05, 0.1) is 0 Å². The molecule has 0 saturated carbocycles. The normalized spacial score (nSPS) is 17.9. The van der Waals surface area contributed by atoms with Gasteiger partial charge in [-0.05, 0) is 49.3 Å². The summed E-state index contributed by atoms with van der Waals surface area (Å²) >= 11 is 5.50. The second-order valence-corrected chi connectivity index (χ2v) is 6.04. The van der Waals surface area contributed by atoms with Crippen molar-refractivity contribution in [2.45, 2.75) is 26.2 Å². The van der Waals surface area contributed by atoms with Gasteiger partial charge in [0.1, 0.15) is 0 Å². The molecule has 0 amide bonds. The number of benzene rings is 1. The zero-order valence-corrected chi connectivity index (χ0v) is 13.5. The van der Waals surface area contributed by atoms with Gasteiger partial charge in [-0.15, -0.1) is 0 Å². The van der Waals surface area contributed by atoms with Crippen LogP contribution in [0.5, 0.6) is 0 Å². The molecule has 1 aliphatic rings. The highest BCUT2D eigenvalue weighted by atomic mass is 32.1. The van der Waals surface area contributed by atoms with E-state index in [0.717, 1.165) is 37.0 Å². The number of hydrogen-bond acceptors (Lipinski definition) is 2. The minimum absolute atomic E-state index is 0.619. The SMILES string of the molecule is CCC(C)c1ccc(NC(=S)N2CCN(C)CC2)cc1. The highest BCUT2D eigenvalue weighted by Crippen LogP contribution is 2.20. The topological polar surface area (TPSA) is 18.5 Å². The number of piperazine rings is 1. The Bertz CT molecular complexity index is 436. The lowest BCUT2D eigenvalue weighted by Gasteiger charge is -2.34.